The van der Waals surface area contributed by atoms with Crippen molar-refractivity contribution in [2.24, 2.45) is 5.92 Å². The van der Waals surface area contributed by atoms with Crippen LogP contribution in [0.25, 0.3) is 0 Å². The minimum absolute atomic E-state index is 0.0137. The molecule has 28 heavy (non-hydrogen) atoms. The van der Waals surface area contributed by atoms with Crippen LogP contribution in [-0.4, -0.2) is 29.9 Å². The fraction of sp³-hybridized carbons (Fsp3) is 0.409. The predicted molar refractivity (Wildman–Crippen MR) is 107 cm³/mol. The number of rotatable bonds is 8. The van der Waals surface area contributed by atoms with Crippen LogP contribution in [-0.2, 0) is 4.79 Å². The maximum Gasteiger partial charge on any atom is 0.263 e. The van der Waals surface area contributed by atoms with Gasteiger partial charge in [0.25, 0.3) is 5.91 Å². The standard InChI is InChI=1S/C22H26N2O4/c1-16(25)18-9-11-19(12-10-18)27-15-21(26)24-22-20(8-5-13-23-22)28-14-17-6-3-2-4-7-17/h5,8-13,17H,2-4,6-7,14-15H2,1H3,(H,23,24,26). The molecule has 3 rings (SSSR count). The normalized spacial score (nSPS) is 14.3. The lowest BCUT2D eigenvalue weighted by atomic mass is 9.90. The molecule has 0 spiro atoms. The number of nitrogens with one attached hydrogen (secondary N) is 1. The number of pyridine rings is 1. The third kappa shape index (κ3) is 5.81. The van der Waals surface area contributed by atoms with E-state index in [1.54, 1.807) is 36.5 Å². The Morgan fingerprint density at radius 1 is 1.07 bits per heavy atom. The smallest absolute Gasteiger partial charge is 0.263 e. The highest BCUT2D eigenvalue weighted by Gasteiger charge is 2.16. The van der Waals surface area contributed by atoms with Gasteiger partial charge in [-0.3, -0.25) is 9.59 Å². The largest absolute Gasteiger partial charge is 0.489 e. The van der Waals surface area contributed by atoms with Crippen LogP contribution in [0.5, 0.6) is 11.5 Å². The predicted octanol–water partition coefficient (Wildman–Crippen LogP) is 4.26. The number of carbonyl (C=O) groups excluding carboxylic acids is 2. The molecule has 1 aliphatic carbocycles. The van der Waals surface area contributed by atoms with Gasteiger partial charge in [0, 0.05) is 11.8 Å². The topological polar surface area (TPSA) is 77.5 Å². The quantitative estimate of drug-likeness (QED) is 0.690. The maximum absolute atomic E-state index is 12.2. The fourth-order valence-corrected chi connectivity index (χ4v) is 3.27. The monoisotopic (exact) mass is 382 g/mol. The summed E-state index contributed by atoms with van der Waals surface area (Å²) in [5.41, 5.74) is 0.602. The molecule has 0 aliphatic heterocycles. The van der Waals surface area contributed by atoms with Gasteiger partial charge in [-0.25, -0.2) is 4.98 Å². The summed E-state index contributed by atoms with van der Waals surface area (Å²) < 4.78 is 11.4. The second-order valence-electron chi connectivity index (χ2n) is 7.08. The fourth-order valence-electron chi connectivity index (χ4n) is 3.27. The Labute approximate surface area is 165 Å². The molecule has 0 unspecified atom stereocenters. The van der Waals surface area contributed by atoms with E-state index in [2.05, 4.69) is 10.3 Å². The van der Waals surface area contributed by atoms with Crippen molar-refractivity contribution in [3.8, 4) is 11.5 Å². The van der Waals surface area contributed by atoms with Gasteiger partial charge >= 0.3 is 0 Å². The van der Waals surface area contributed by atoms with Crippen molar-refractivity contribution < 1.29 is 19.1 Å². The van der Waals surface area contributed by atoms with Gasteiger partial charge in [-0.05, 0) is 62.1 Å². The van der Waals surface area contributed by atoms with Gasteiger partial charge in [-0.15, -0.1) is 0 Å². The van der Waals surface area contributed by atoms with E-state index < -0.39 is 0 Å². The summed E-state index contributed by atoms with van der Waals surface area (Å²) in [4.78, 5) is 27.7. The molecule has 1 heterocycles. The summed E-state index contributed by atoms with van der Waals surface area (Å²) in [7, 11) is 0. The molecule has 1 amide bonds. The van der Waals surface area contributed by atoms with Crippen molar-refractivity contribution in [2.75, 3.05) is 18.5 Å². The number of Topliss-reactive ketones (excluding diaryl/α,β-unsaturated/α-hetero) is 1. The molecule has 0 atom stereocenters. The molecular weight excluding hydrogens is 356 g/mol. The molecule has 1 fully saturated rings. The van der Waals surface area contributed by atoms with Gasteiger partial charge in [0.1, 0.15) is 5.75 Å². The first-order valence-corrected chi connectivity index (χ1v) is 9.73. The lowest BCUT2D eigenvalue weighted by molar-refractivity contribution is -0.118. The van der Waals surface area contributed by atoms with E-state index in [0.29, 0.717) is 35.4 Å². The molecule has 1 N–H and O–H groups in total. The van der Waals surface area contributed by atoms with Crippen LogP contribution in [0.3, 0.4) is 0 Å². The molecular formula is C22H26N2O4. The van der Waals surface area contributed by atoms with Crippen LogP contribution in [0.1, 0.15) is 49.4 Å². The number of nitrogens with zero attached hydrogens (tertiary/aromatic N) is 1. The van der Waals surface area contributed by atoms with E-state index in [1.165, 1.54) is 39.0 Å². The Balaban J connectivity index is 1.51. The zero-order valence-electron chi connectivity index (χ0n) is 16.1. The Bertz CT molecular complexity index is 798. The van der Waals surface area contributed by atoms with Crippen molar-refractivity contribution in [1.29, 1.82) is 0 Å². The molecule has 148 valence electrons. The van der Waals surface area contributed by atoms with Gasteiger partial charge in [0.15, 0.2) is 24.0 Å². The highest BCUT2D eigenvalue weighted by molar-refractivity contribution is 5.94. The Kier molecular flexibility index (Phi) is 7.00. The minimum atomic E-state index is -0.322. The summed E-state index contributed by atoms with van der Waals surface area (Å²) in [6, 6.07) is 10.3. The van der Waals surface area contributed by atoms with Crippen LogP contribution in [0.4, 0.5) is 5.82 Å². The second-order valence-corrected chi connectivity index (χ2v) is 7.08. The van der Waals surface area contributed by atoms with Crippen molar-refractivity contribution in [3.63, 3.8) is 0 Å². The van der Waals surface area contributed by atoms with Crippen molar-refractivity contribution >= 4 is 17.5 Å². The van der Waals surface area contributed by atoms with Gasteiger partial charge in [0.05, 0.1) is 6.61 Å². The summed E-state index contributed by atoms with van der Waals surface area (Å²) in [6.45, 7) is 2.00. The summed E-state index contributed by atoms with van der Waals surface area (Å²) >= 11 is 0. The van der Waals surface area contributed by atoms with Gasteiger partial charge in [-0.2, -0.15) is 0 Å². The van der Waals surface area contributed by atoms with Gasteiger partial charge < -0.3 is 14.8 Å². The summed E-state index contributed by atoms with van der Waals surface area (Å²) in [6.07, 6.45) is 7.83. The van der Waals surface area contributed by atoms with E-state index in [0.717, 1.165) is 0 Å². The molecule has 1 aliphatic rings. The minimum Gasteiger partial charge on any atom is -0.489 e. The van der Waals surface area contributed by atoms with Gasteiger partial charge in [-0.1, -0.05) is 19.3 Å². The van der Waals surface area contributed by atoms with Gasteiger partial charge in [0.2, 0.25) is 0 Å². The Morgan fingerprint density at radius 2 is 1.82 bits per heavy atom. The highest BCUT2D eigenvalue weighted by atomic mass is 16.5. The molecule has 0 saturated heterocycles. The van der Waals surface area contributed by atoms with Crippen LogP contribution in [0, 0.1) is 5.92 Å². The first-order valence-electron chi connectivity index (χ1n) is 9.73. The molecule has 1 aromatic heterocycles. The van der Waals surface area contributed by atoms with Crippen LogP contribution >= 0.6 is 0 Å². The summed E-state index contributed by atoms with van der Waals surface area (Å²) in [5, 5.41) is 2.74. The molecule has 2 aromatic rings. The zero-order chi connectivity index (χ0) is 19.8. The summed E-state index contributed by atoms with van der Waals surface area (Å²) in [5.74, 6) is 1.73. The van der Waals surface area contributed by atoms with Crippen LogP contribution in [0.2, 0.25) is 0 Å². The number of hydrogen-bond acceptors (Lipinski definition) is 5. The van der Waals surface area contributed by atoms with E-state index in [-0.39, 0.29) is 18.3 Å². The first-order chi connectivity index (χ1) is 13.6. The number of benzene rings is 1. The SMILES string of the molecule is CC(=O)c1ccc(OCC(=O)Nc2ncccc2OCC2CCCCC2)cc1. The van der Waals surface area contributed by atoms with Crippen molar-refractivity contribution in [3.05, 3.63) is 48.2 Å². The average Bonchev–Trinajstić information content (AvgIpc) is 2.72. The van der Waals surface area contributed by atoms with Crippen LogP contribution in [0.15, 0.2) is 42.6 Å². The number of amides is 1. The average molecular weight is 382 g/mol. The number of ketones is 1. The maximum atomic E-state index is 12.2. The van der Waals surface area contributed by atoms with E-state index in [4.69, 9.17) is 9.47 Å². The molecule has 1 aromatic carbocycles. The molecule has 1 saturated carbocycles. The lowest BCUT2D eigenvalue weighted by Gasteiger charge is -2.22. The van der Waals surface area contributed by atoms with E-state index in [1.807, 2.05) is 6.07 Å². The Hall–Kier alpha value is -2.89. The van der Waals surface area contributed by atoms with Crippen molar-refractivity contribution in [2.45, 2.75) is 39.0 Å². The lowest BCUT2D eigenvalue weighted by Crippen LogP contribution is -2.22. The molecule has 6 nitrogen and oxygen atoms in total. The number of ether oxygens (including phenoxy) is 2. The number of aromatic nitrogens is 1. The van der Waals surface area contributed by atoms with E-state index in [9.17, 15) is 9.59 Å². The first kappa shape index (κ1) is 19.9. The molecule has 0 bridgehead atoms. The molecule has 0 radical (unpaired) electrons. The third-order valence-corrected chi connectivity index (χ3v) is 4.86. The number of hydrogen-bond donors (Lipinski definition) is 1. The van der Waals surface area contributed by atoms with Crippen molar-refractivity contribution in [1.82, 2.24) is 4.98 Å². The van der Waals surface area contributed by atoms with Crippen LogP contribution < -0.4 is 14.8 Å². The Morgan fingerprint density at radius 3 is 2.54 bits per heavy atom. The zero-order valence-corrected chi connectivity index (χ0v) is 16.1. The number of anilines is 1. The van der Waals surface area contributed by atoms with E-state index >= 15 is 0 Å². The highest BCUT2D eigenvalue weighted by Crippen LogP contribution is 2.27. The molecule has 6 heteroatoms. The second kappa shape index (κ2) is 9.88. The number of carbonyl (C=O) groups is 2. The third-order valence-electron chi connectivity index (χ3n) is 4.86.